The Labute approximate surface area is 173 Å². The molecule has 1 heterocycles. The highest BCUT2D eigenvalue weighted by molar-refractivity contribution is 8.00. The molecule has 1 saturated heterocycles. The van der Waals surface area contributed by atoms with Crippen molar-refractivity contribution in [1.29, 1.82) is 0 Å². The molecule has 0 radical (unpaired) electrons. The van der Waals surface area contributed by atoms with Gasteiger partial charge in [-0.3, -0.25) is 4.79 Å². The maximum atomic E-state index is 12.9. The molecule has 150 valence electrons. The van der Waals surface area contributed by atoms with Gasteiger partial charge >= 0.3 is 5.97 Å². The summed E-state index contributed by atoms with van der Waals surface area (Å²) in [5.41, 5.74) is 0. The molecule has 3 rings (SSSR count). The first kappa shape index (κ1) is 21.0. The molecule has 0 unspecified atom stereocenters. The number of benzene rings is 2. The number of thioether (sulfide) groups is 1. The Morgan fingerprint density at radius 2 is 1.93 bits per heavy atom. The van der Waals surface area contributed by atoms with Crippen molar-refractivity contribution in [3.63, 3.8) is 0 Å². The number of sulfonamides is 1. The Hall–Kier alpha value is -1.74. The predicted molar refractivity (Wildman–Crippen MR) is 110 cm³/mol. The van der Waals surface area contributed by atoms with Crippen molar-refractivity contribution in [2.24, 2.45) is 0 Å². The average Bonchev–Trinajstić information content (AvgIpc) is 3.18. The first-order valence-corrected chi connectivity index (χ1v) is 11.5. The van der Waals surface area contributed by atoms with Gasteiger partial charge in [-0.15, -0.1) is 11.8 Å². The van der Waals surface area contributed by atoms with Gasteiger partial charge in [-0.25, -0.2) is 8.42 Å². The summed E-state index contributed by atoms with van der Waals surface area (Å²) in [6.07, 6.45) is 0.703. The van der Waals surface area contributed by atoms with Crippen LogP contribution in [0.15, 0.2) is 53.4 Å². The molecule has 0 spiro atoms. The Morgan fingerprint density at radius 1 is 1.21 bits per heavy atom. The first-order chi connectivity index (χ1) is 13.4. The van der Waals surface area contributed by atoms with E-state index in [0.29, 0.717) is 36.0 Å². The topological polar surface area (TPSA) is 72.9 Å². The fourth-order valence-electron chi connectivity index (χ4n) is 2.78. The number of carbonyl (C=O) groups is 1. The van der Waals surface area contributed by atoms with Crippen LogP contribution in [-0.4, -0.2) is 49.9 Å². The highest BCUT2D eigenvalue weighted by Crippen LogP contribution is 2.31. The van der Waals surface area contributed by atoms with Crippen LogP contribution in [0.5, 0.6) is 11.5 Å². The first-order valence-electron chi connectivity index (χ1n) is 8.61. The van der Waals surface area contributed by atoms with Gasteiger partial charge in [-0.05, 0) is 42.8 Å². The molecule has 1 atom stereocenters. The number of nitrogens with zero attached hydrogens (tertiary/aromatic N) is 1. The van der Waals surface area contributed by atoms with E-state index in [9.17, 15) is 13.2 Å². The standard InChI is InChI=1S/C19H20ClNO5S2/c1-25-19(22)13-27-15-10-11-21(12-15)28(23,24)16-8-6-14(7-9-16)26-18-5-3-2-4-17(18)20/h2-9,15H,10-13H2,1H3/t15-/m1/s1. The number of para-hydroxylation sites is 1. The molecule has 0 saturated carbocycles. The zero-order valence-corrected chi connectivity index (χ0v) is 17.6. The van der Waals surface area contributed by atoms with Crippen molar-refractivity contribution in [1.82, 2.24) is 4.31 Å². The second kappa shape index (κ2) is 9.17. The van der Waals surface area contributed by atoms with E-state index < -0.39 is 10.0 Å². The minimum absolute atomic E-state index is 0.0803. The Bertz CT molecular complexity index is 934. The van der Waals surface area contributed by atoms with Gasteiger partial charge in [-0.1, -0.05) is 23.7 Å². The summed E-state index contributed by atoms with van der Waals surface area (Å²) < 4.78 is 37.5. The van der Waals surface area contributed by atoms with Crippen LogP contribution in [0, 0.1) is 0 Å². The summed E-state index contributed by atoms with van der Waals surface area (Å²) in [6.45, 7) is 0.806. The third-order valence-corrected chi connectivity index (χ3v) is 7.75. The third-order valence-electron chi connectivity index (χ3n) is 4.30. The highest BCUT2D eigenvalue weighted by Gasteiger charge is 2.33. The molecule has 0 bridgehead atoms. The van der Waals surface area contributed by atoms with E-state index >= 15 is 0 Å². The summed E-state index contributed by atoms with van der Waals surface area (Å²) in [4.78, 5) is 11.5. The molecule has 6 nitrogen and oxygen atoms in total. The second-order valence-corrected chi connectivity index (χ2v) is 9.80. The highest BCUT2D eigenvalue weighted by atomic mass is 35.5. The lowest BCUT2D eigenvalue weighted by Crippen LogP contribution is -2.29. The monoisotopic (exact) mass is 441 g/mol. The number of halogens is 1. The minimum Gasteiger partial charge on any atom is -0.468 e. The van der Waals surface area contributed by atoms with Crippen molar-refractivity contribution in [2.75, 3.05) is 26.0 Å². The summed E-state index contributed by atoms with van der Waals surface area (Å²) in [5.74, 6) is 0.925. The van der Waals surface area contributed by atoms with Gasteiger partial charge in [0.15, 0.2) is 0 Å². The zero-order chi connectivity index (χ0) is 20.1. The van der Waals surface area contributed by atoms with E-state index in [1.807, 2.05) is 6.07 Å². The van der Waals surface area contributed by atoms with Gasteiger partial charge in [0, 0.05) is 18.3 Å². The molecule has 28 heavy (non-hydrogen) atoms. The molecular weight excluding hydrogens is 422 g/mol. The Balaban J connectivity index is 1.64. The summed E-state index contributed by atoms with van der Waals surface area (Å²) in [6, 6.07) is 13.3. The molecule has 0 aromatic heterocycles. The number of hydrogen-bond donors (Lipinski definition) is 0. The lowest BCUT2D eigenvalue weighted by Gasteiger charge is -2.17. The van der Waals surface area contributed by atoms with Crippen molar-refractivity contribution in [3.05, 3.63) is 53.6 Å². The van der Waals surface area contributed by atoms with Crippen LogP contribution in [0.4, 0.5) is 0 Å². The zero-order valence-electron chi connectivity index (χ0n) is 15.2. The molecule has 2 aromatic carbocycles. The van der Waals surface area contributed by atoms with E-state index in [0.717, 1.165) is 0 Å². The SMILES string of the molecule is COC(=O)CS[C@@H]1CCN(S(=O)(=O)c2ccc(Oc3ccccc3Cl)cc2)C1. The van der Waals surface area contributed by atoms with Gasteiger partial charge in [0.1, 0.15) is 11.5 Å². The largest absolute Gasteiger partial charge is 0.468 e. The number of esters is 1. The smallest absolute Gasteiger partial charge is 0.315 e. The average molecular weight is 442 g/mol. The Kier molecular flexibility index (Phi) is 6.87. The molecule has 0 N–H and O–H groups in total. The van der Waals surface area contributed by atoms with Crippen molar-refractivity contribution in [3.8, 4) is 11.5 Å². The van der Waals surface area contributed by atoms with Crippen LogP contribution < -0.4 is 4.74 Å². The molecule has 0 amide bonds. The molecule has 2 aromatic rings. The number of carbonyl (C=O) groups excluding carboxylic acids is 1. The molecule has 1 fully saturated rings. The van der Waals surface area contributed by atoms with Crippen molar-refractivity contribution < 1.29 is 22.7 Å². The van der Waals surface area contributed by atoms with Gasteiger partial charge in [-0.2, -0.15) is 4.31 Å². The van der Waals surface area contributed by atoms with Gasteiger partial charge in [0.2, 0.25) is 10.0 Å². The van der Waals surface area contributed by atoms with Crippen LogP contribution in [0.1, 0.15) is 6.42 Å². The summed E-state index contributed by atoms with van der Waals surface area (Å²) in [7, 11) is -2.25. The van der Waals surface area contributed by atoms with Crippen molar-refractivity contribution >= 4 is 39.4 Å². The fraction of sp³-hybridized carbons (Fsp3) is 0.316. The number of rotatable bonds is 7. The van der Waals surface area contributed by atoms with Crippen LogP contribution >= 0.6 is 23.4 Å². The van der Waals surface area contributed by atoms with Gasteiger partial charge in [0.05, 0.1) is 22.8 Å². The molecule has 1 aliphatic heterocycles. The number of methoxy groups -OCH3 is 1. The molecule has 1 aliphatic rings. The van der Waals surface area contributed by atoms with Crippen LogP contribution in [0.2, 0.25) is 5.02 Å². The van der Waals surface area contributed by atoms with E-state index in [1.165, 1.54) is 35.3 Å². The van der Waals surface area contributed by atoms with E-state index in [2.05, 4.69) is 4.74 Å². The van der Waals surface area contributed by atoms with Crippen LogP contribution in [0.3, 0.4) is 0 Å². The lowest BCUT2D eigenvalue weighted by atomic mass is 10.3. The van der Waals surface area contributed by atoms with E-state index in [-0.39, 0.29) is 21.9 Å². The summed E-state index contributed by atoms with van der Waals surface area (Å²) >= 11 is 7.50. The fourth-order valence-corrected chi connectivity index (χ4v) is 5.60. The normalized spacial score (nSPS) is 17.4. The van der Waals surface area contributed by atoms with Gasteiger partial charge in [0.25, 0.3) is 0 Å². The minimum atomic E-state index is -3.59. The number of ether oxygens (including phenoxy) is 2. The number of hydrogen-bond acceptors (Lipinski definition) is 6. The molecule has 0 aliphatic carbocycles. The van der Waals surface area contributed by atoms with Crippen LogP contribution in [0.25, 0.3) is 0 Å². The summed E-state index contributed by atoms with van der Waals surface area (Å²) in [5, 5.41) is 0.559. The second-order valence-electron chi connectivity index (χ2n) is 6.16. The Morgan fingerprint density at radius 3 is 2.61 bits per heavy atom. The maximum Gasteiger partial charge on any atom is 0.315 e. The van der Waals surface area contributed by atoms with Crippen LogP contribution in [-0.2, 0) is 19.6 Å². The quantitative estimate of drug-likeness (QED) is 0.608. The maximum absolute atomic E-state index is 12.9. The van der Waals surface area contributed by atoms with Gasteiger partial charge < -0.3 is 9.47 Å². The third kappa shape index (κ3) is 5.00. The van der Waals surface area contributed by atoms with E-state index in [4.69, 9.17) is 16.3 Å². The molecule has 9 heteroatoms. The van der Waals surface area contributed by atoms with E-state index in [1.54, 1.807) is 30.3 Å². The lowest BCUT2D eigenvalue weighted by molar-refractivity contribution is -0.137. The van der Waals surface area contributed by atoms with Crippen molar-refractivity contribution in [2.45, 2.75) is 16.6 Å². The molecular formula is C19H20ClNO5S2. The predicted octanol–water partition coefficient (Wildman–Crippen LogP) is 3.80.